The maximum Gasteiger partial charge on any atom is 0.164 e. The topological polar surface area (TPSA) is 56.5 Å². The molecule has 5 nitrogen and oxygen atoms in total. The highest BCUT2D eigenvalue weighted by atomic mass is 32.1. The lowest BCUT2D eigenvalue weighted by atomic mass is 9.97. The van der Waals surface area contributed by atoms with Gasteiger partial charge in [-0.25, -0.2) is 19.9 Å². The fourth-order valence-electron chi connectivity index (χ4n) is 7.82. The minimum atomic E-state index is 0.607. The highest BCUT2D eigenvalue weighted by Gasteiger charge is 2.20. The van der Waals surface area contributed by atoms with Crippen LogP contribution in [0.1, 0.15) is 0 Å². The zero-order valence-corrected chi connectivity index (χ0v) is 29.7. The molecule has 54 heavy (non-hydrogen) atoms. The van der Waals surface area contributed by atoms with Crippen molar-refractivity contribution in [1.29, 1.82) is 0 Å². The molecule has 6 heteroatoms. The summed E-state index contributed by atoms with van der Waals surface area (Å²) in [6.45, 7) is 0. The van der Waals surface area contributed by atoms with Gasteiger partial charge in [0.05, 0.1) is 21.3 Å². The highest BCUT2D eigenvalue weighted by Crippen LogP contribution is 2.41. The second-order valence-electron chi connectivity index (χ2n) is 13.5. The largest absolute Gasteiger partial charge is 0.309 e. The van der Waals surface area contributed by atoms with Crippen LogP contribution in [0.5, 0.6) is 0 Å². The van der Waals surface area contributed by atoms with E-state index in [4.69, 9.17) is 19.9 Å². The first-order valence-corrected chi connectivity index (χ1v) is 18.8. The van der Waals surface area contributed by atoms with Crippen molar-refractivity contribution in [3.8, 4) is 50.4 Å². The number of para-hydroxylation sites is 2. The fraction of sp³-hybridized carbons (Fsp3) is 0. The summed E-state index contributed by atoms with van der Waals surface area (Å²) >= 11 is 1.71. The third-order valence-corrected chi connectivity index (χ3v) is 11.3. The van der Waals surface area contributed by atoms with Crippen molar-refractivity contribution in [1.82, 2.24) is 24.5 Å². The summed E-state index contributed by atoms with van der Waals surface area (Å²) in [4.78, 5) is 20.7. The number of rotatable bonds is 5. The van der Waals surface area contributed by atoms with Gasteiger partial charge in [-0.3, -0.25) is 0 Å². The molecular formula is C48H29N5S. The average molecular weight is 708 g/mol. The molecule has 0 N–H and O–H groups in total. The van der Waals surface area contributed by atoms with Crippen LogP contribution in [0.2, 0.25) is 0 Å². The van der Waals surface area contributed by atoms with Crippen LogP contribution in [0, 0.1) is 0 Å². The fourth-order valence-corrected chi connectivity index (χ4v) is 8.79. The molecule has 0 aliphatic heterocycles. The third kappa shape index (κ3) is 4.92. The van der Waals surface area contributed by atoms with E-state index in [1.807, 2.05) is 18.2 Å². The number of nitrogens with zero attached hydrogens (tertiary/aromatic N) is 5. The van der Waals surface area contributed by atoms with Gasteiger partial charge in [0.25, 0.3) is 0 Å². The summed E-state index contributed by atoms with van der Waals surface area (Å²) in [6.07, 6.45) is 0. The van der Waals surface area contributed by atoms with Crippen LogP contribution in [0.4, 0.5) is 0 Å². The van der Waals surface area contributed by atoms with Gasteiger partial charge in [0.2, 0.25) is 0 Å². The van der Waals surface area contributed by atoms with Crippen molar-refractivity contribution in [2.45, 2.75) is 0 Å². The van der Waals surface area contributed by atoms with Crippen LogP contribution >= 0.6 is 11.3 Å². The lowest BCUT2D eigenvalue weighted by molar-refractivity contribution is 1.08. The van der Waals surface area contributed by atoms with Gasteiger partial charge in [-0.1, -0.05) is 127 Å². The molecule has 0 atom stereocenters. The molecular weight excluding hydrogens is 679 g/mol. The van der Waals surface area contributed by atoms with Gasteiger partial charge in [-0.2, -0.15) is 0 Å². The maximum absolute atomic E-state index is 5.24. The van der Waals surface area contributed by atoms with Crippen LogP contribution in [-0.4, -0.2) is 24.5 Å². The number of hydrogen-bond donors (Lipinski definition) is 0. The molecule has 3 heterocycles. The van der Waals surface area contributed by atoms with Crippen molar-refractivity contribution < 1.29 is 0 Å². The van der Waals surface area contributed by atoms with Crippen LogP contribution in [-0.2, 0) is 0 Å². The number of thiazole rings is 1. The highest BCUT2D eigenvalue weighted by molar-refractivity contribution is 7.21. The van der Waals surface area contributed by atoms with E-state index in [0.29, 0.717) is 17.5 Å². The van der Waals surface area contributed by atoms with Crippen LogP contribution in [0.15, 0.2) is 176 Å². The first-order chi connectivity index (χ1) is 26.8. The molecule has 3 aromatic heterocycles. The Labute approximate surface area is 314 Å². The minimum absolute atomic E-state index is 0.607. The Kier molecular flexibility index (Phi) is 6.97. The molecule has 11 rings (SSSR count). The standard InChI is InChI=1S/C48H29N5S/c1-3-14-30(15-4-1)45-50-46(52-47(51-45)38-23-13-25-42-44(38)37-22-11-12-24-41(37)53(42)33-17-5-2-6-18-33)32-26-27-43-40(29-32)49-48(54-43)39-28-31-16-7-8-19-34(31)35-20-9-10-21-36(35)39/h1-29H. The first-order valence-electron chi connectivity index (χ1n) is 18.0. The van der Waals surface area contributed by atoms with E-state index >= 15 is 0 Å². The zero-order valence-electron chi connectivity index (χ0n) is 28.9. The van der Waals surface area contributed by atoms with Crippen LogP contribution < -0.4 is 0 Å². The molecule has 8 aromatic carbocycles. The molecule has 0 saturated heterocycles. The molecule has 0 radical (unpaired) electrons. The Hall–Kier alpha value is -7.02. The van der Waals surface area contributed by atoms with Gasteiger partial charge in [0.1, 0.15) is 5.01 Å². The van der Waals surface area contributed by atoms with Crippen molar-refractivity contribution in [2.75, 3.05) is 0 Å². The molecule has 0 fully saturated rings. The van der Waals surface area contributed by atoms with Crippen molar-refractivity contribution in [3.63, 3.8) is 0 Å². The second-order valence-corrected chi connectivity index (χ2v) is 14.5. The number of benzene rings is 8. The van der Waals surface area contributed by atoms with Gasteiger partial charge in [-0.05, 0) is 70.1 Å². The van der Waals surface area contributed by atoms with Crippen molar-refractivity contribution in [2.24, 2.45) is 0 Å². The Morgan fingerprint density at radius 2 is 1.06 bits per heavy atom. The van der Waals surface area contributed by atoms with Gasteiger partial charge in [0.15, 0.2) is 17.5 Å². The average Bonchev–Trinajstić information content (AvgIpc) is 3.83. The molecule has 252 valence electrons. The molecule has 0 bridgehead atoms. The summed E-state index contributed by atoms with van der Waals surface area (Å²) in [5, 5.41) is 8.14. The molecule has 0 saturated carbocycles. The summed E-state index contributed by atoms with van der Waals surface area (Å²) < 4.78 is 3.43. The van der Waals surface area contributed by atoms with E-state index in [1.165, 1.54) is 21.5 Å². The molecule has 11 aromatic rings. The molecule has 0 aliphatic carbocycles. The summed E-state index contributed by atoms with van der Waals surface area (Å²) in [5.74, 6) is 1.86. The van der Waals surface area contributed by atoms with E-state index in [1.54, 1.807) is 11.3 Å². The van der Waals surface area contributed by atoms with Crippen molar-refractivity contribution in [3.05, 3.63) is 176 Å². The van der Waals surface area contributed by atoms with E-state index in [-0.39, 0.29) is 0 Å². The van der Waals surface area contributed by atoms with Gasteiger partial charge < -0.3 is 4.57 Å². The Balaban J connectivity index is 1.10. The lowest BCUT2D eigenvalue weighted by Gasteiger charge is -2.10. The molecule has 0 unspecified atom stereocenters. The Bertz CT molecular complexity index is 3220. The smallest absolute Gasteiger partial charge is 0.164 e. The Morgan fingerprint density at radius 1 is 0.407 bits per heavy atom. The van der Waals surface area contributed by atoms with E-state index in [2.05, 4.69) is 162 Å². The van der Waals surface area contributed by atoms with Gasteiger partial charge >= 0.3 is 0 Å². The minimum Gasteiger partial charge on any atom is -0.309 e. The summed E-state index contributed by atoms with van der Waals surface area (Å²) in [6, 6.07) is 61.5. The predicted molar refractivity (Wildman–Crippen MR) is 224 cm³/mol. The van der Waals surface area contributed by atoms with Crippen LogP contribution in [0.25, 0.3) is 104 Å². The zero-order chi connectivity index (χ0) is 35.6. The number of hydrogen-bond acceptors (Lipinski definition) is 5. The Morgan fingerprint density at radius 3 is 1.89 bits per heavy atom. The van der Waals surface area contributed by atoms with Crippen molar-refractivity contribution >= 4 is 64.9 Å². The SMILES string of the molecule is c1ccc(-c2nc(-c3ccc4sc(-c5cc6ccccc6c6ccccc56)nc4c3)nc(-c3cccc4c3c3ccccc3n4-c3ccccc3)n2)cc1. The maximum atomic E-state index is 5.24. The second kappa shape index (κ2) is 12.3. The third-order valence-electron chi connectivity index (χ3n) is 10.3. The van der Waals surface area contributed by atoms with E-state index < -0.39 is 0 Å². The van der Waals surface area contributed by atoms with Crippen LogP contribution in [0.3, 0.4) is 0 Å². The number of aromatic nitrogens is 5. The van der Waals surface area contributed by atoms with E-state index in [0.717, 1.165) is 65.0 Å². The quantitative estimate of drug-likeness (QED) is 0.167. The molecule has 0 amide bonds. The predicted octanol–water partition coefficient (Wildman–Crippen LogP) is 12.6. The normalized spacial score (nSPS) is 11.7. The van der Waals surface area contributed by atoms with E-state index in [9.17, 15) is 0 Å². The summed E-state index contributed by atoms with van der Waals surface area (Å²) in [7, 11) is 0. The summed E-state index contributed by atoms with van der Waals surface area (Å²) in [5.41, 5.74) is 8.18. The van der Waals surface area contributed by atoms with Gasteiger partial charge in [-0.15, -0.1) is 11.3 Å². The monoisotopic (exact) mass is 707 g/mol. The first kappa shape index (κ1) is 30.6. The molecule has 0 spiro atoms. The lowest BCUT2D eigenvalue weighted by Crippen LogP contribution is -2.00. The number of fused-ring (bicyclic) bond motifs is 7. The van der Waals surface area contributed by atoms with Gasteiger partial charge in [0, 0.05) is 38.7 Å². The molecule has 0 aliphatic rings.